The third-order valence-electron chi connectivity index (χ3n) is 8.11. The van der Waals surface area contributed by atoms with E-state index in [1.165, 1.54) is 37.8 Å². The molecule has 0 unspecified atom stereocenters. The standard InChI is InChI=1S/C33H31FN6O/c1-41-25-11-22(10-24(34)12-25)26-7-4-8-29-27(26)13-31(38-29)33-28-14-30(37-19-32(28)39-40-33)23-9-21(17-36-18-23)16-35-15-20-5-2-3-6-20/h4,7-14,17-20,35,38H,2-3,5-6,15-16H2,1H3,(H,39,40). The molecule has 7 rings (SSSR count). The first-order valence-electron chi connectivity index (χ1n) is 14.1. The molecule has 0 atom stereocenters. The summed E-state index contributed by atoms with van der Waals surface area (Å²) in [6.07, 6.45) is 11.0. The predicted octanol–water partition coefficient (Wildman–Crippen LogP) is 7.26. The molecular formula is C33H31FN6O. The maximum Gasteiger partial charge on any atom is 0.127 e. The van der Waals surface area contributed by atoms with Crippen LogP contribution in [0.4, 0.5) is 4.39 Å². The number of rotatable bonds is 8. The number of halogens is 1. The summed E-state index contributed by atoms with van der Waals surface area (Å²) in [5.41, 5.74) is 8.06. The lowest BCUT2D eigenvalue weighted by Gasteiger charge is -2.11. The van der Waals surface area contributed by atoms with Gasteiger partial charge in [-0.1, -0.05) is 25.0 Å². The van der Waals surface area contributed by atoms with Crippen molar-refractivity contribution in [1.82, 2.24) is 30.5 Å². The van der Waals surface area contributed by atoms with Crippen LogP contribution in [-0.4, -0.2) is 38.8 Å². The number of benzene rings is 2. The Morgan fingerprint density at radius 2 is 1.85 bits per heavy atom. The number of aromatic nitrogens is 5. The molecule has 1 saturated carbocycles. The van der Waals surface area contributed by atoms with E-state index in [2.05, 4.69) is 43.7 Å². The van der Waals surface area contributed by atoms with Crippen molar-refractivity contribution in [3.05, 3.63) is 84.6 Å². The number of nitrogens with zero attached hydrogens (tertiary/aromatic N) is 3. The normalized spacial score (nSPS) is 13.9. The van der Waals surface area contributed by atoms with E-state index in [0.29, 0.717) is 5.75 Å². The van der Waals surface area contributed by atoms with Gasteiger partial charge in [-0.15, -0.1) is 0 Å². The fraction of sp³-hybridized carbons (Fsp3) is 0.242. The van der Waals surface area contributed by atoms with Gasteiger partial charge in [0.05, 0.1) is 30.2 Å². The molecule has 0 saturated heterocycles. The zero-order valence-corrected chi connectivity index (χ0v) is 22.9. The van der Waals surface area contributed by atoms with Gasteiger partial charge in [0.2, 0.25) is 0 Å². The quantitative estimate of drug-likeness (QED) is 0.187. The van der Waals surface area contributed by atoms with Crippen LogP contribution in [0.15, 0.2) is 73.2 Å². The highest BCUT2D eigenvalue weighted by Crippen LogP contribution is 2.36. The molecule has 0 radical (unpaired) electrons. The molecule has 1 aliphatic carbocycles. The lowest BCUT2D eigenvalue weighted by molar-refractivity contribution is 0.411. The number of fused-ring (bicyclic) bond motifs is 2. The highest BCUT2D eigenvalue weighted by Gasteiger charge is 2.17. The first kappa shape index (κ1) is 25.4. The van der Waals surface area contributed by atoms with Gasteiger partial charge in [0, 0.05) is 46.9 Å². The van der Waals surface area contributed by atoms with Crippen LogP contribution in [-0.2, 0) is 6.54 Å². The molecule has 0 spiro atoms. The molecular weight excluding hydrogens is 515 g/mol. The first-order valence-corrected chi connectivity index (χ1v) is 14.1. The summed E-state index contributed by atoms with van der Waals surface area (Å²) < 4.78 is 19.6. The average Bonchev–Trinajstić information content (AvgIpc) is 3.76. The van der Waals surface area contributed by atoms with E-state index in [4.69, 9.17) is 9.72 Å². The zero-order valence-electron chi connectivity index (χ0n) is 22.9. The van der Waals surface area contributed by atoms with E-state index in [1.807, 2.05) is 42.9 Å². The van der Waals surface area contributed by atoms with Crippen molar-refractivity contribution in [1.29, 1.82) is 0 Å². The van der Waals surface area contributed by atoms with Gasteiger partial charge in [0.25, 0.3) is 0 Å². The molecule has 4 aromatic heterocycles. The van der Waals surface area contributed by atoms with E-state index >= 15 is 0 Å². The second kappa shape index (κ2) is 10.8. The topological polar surface area (TPSA) is 91.5 Å². The van der Waals surface area contributed by atoms with Gasteiger partial charge in [-0.2, -0.15) is 5.10 Å². The van der Waals surface area contributed by atoms with Crippen LogP contribution in [0.5, 0.6) is 5.75 Å². The molecule has 41 heavy (non-hydrogen) atoms. The fourth-order valence-corrected chi connectivity index (χ4v) is 6.01. The summed E-state index contributed by atoms with van der Waals surface area (Å²) in [5.74, 6) is 0.940. The molecule has 7 nitrogen and oxygen atoms in total. The van der Waals surface area contributed by atoms with Crippen molar-refractivity contribution >= 4 is 21.8 Å². The Kier molecular flexibility index (Phi) is 6.68. The lowest BCUT2D eigenvalue weighted by Crippen LogP contribution is -2.20. The van der Waals surface area contributed by atoms with Gasteiger partial charge in [0.15, 0.2) is 0 Å². The van der Waals surface area contributed by atoms with Crippen LogP contribution in [0.2, 0.25) is 0 Å². The number of hydrogen-bond acceptors (Lipinski definition) is 5. The molecule has 3 N–H and O–H groups in total. The fourth-order valence-electron chi connectivity index (χ4n) is 6.01. The van der Waals surface area contributed by atoms with Gasteiger partial charge >= 0.3 is 0 Å². The van der Waals surface area contributed by atoms with E-state index in [1.54, 1.807) is 7.11 Å². The molecule has 1 fully saturated rings. The monoisotopic (exact) mass is 546 g/mol. The highest BCUT2D eigenvalue weighted by molar-refractivity contribution is 6.01. The van der Waals surface area contributed by atoms with Gasteiger partial charge < -0.3 is 15.0 Å². The van der Waals surface area contributed by atoms with Gasteiger partial charge in [0.1, 0.15) is 17.3 Å². The maximum absolute atomic E-state index is 14.3. The van der Waals surface area contributed by atoms with Crippen molar-refractivity contribution in [3.63, 3.8) is 0 Å². The van der Waals surface area contributed by atoms with Gasteiger partial charge in [-0.05, 0) is 78.4 Å². The number of hydrogen-bond donors (Lipinski definition) is 3. The summed E-state index contributed by atoms with van der Waals surface area (Å²) in [7, 11) is 1.54. The minimum Gasteiger partial charge on any atom is -0.497 e. The van der Waals surface area contributed by atoms with Crippen LogP contribution in [0, 0.1) is 11.7 Å². The Morgan fingerprint density at radius 3 is 2.73 bits per heavy atom. The van der Waals surface area contributed by atoms with Crippen LogP contribution < -0.4 is 10.1 Å². The van der Waals surface area contributed by atoms with Crippen LogP contribution in [0.3, 0.4) is 0 Å². The predicted molar refractivity (Wildman–Crippen MR) is 160 cm³/mol. The largest absolute Gasteiger partial charge is 0.497 e. The van der Waals surface area contributed by atoms with Crippen molar-refractivity contribution < 1.29 is 9.13 Å². The Morgan fingerprint density at radius 1 is 0.951 bits per heavy atom. The third-order valence-corrected chi connectivity index (χ3v) is 8.11. The number of aromatic amines is 2. The second-order valence-electron chi connectivity index (χ2n) is 10.9. The summed E-state index contributed by atoms with van der Waals surface area (Å²) in [5, 5.41) is 13.3. The minimum absolute atomic E-state index is 0.339. The Hall–Kier alpha value is -4.56. The van der Waals surface area contributed by atoms with Crippen LogP contribution in [0.1, 0.15) is 31.2 Å². The minimum atomic E-state index is -0.339. The van der Waals surface area contributed by atoms with Crippen molar-refractivity contribution in [2.45, 2.75) is 32.2 Å². The van der Waals surface area contributed by atoms with E-state index in [-0.39, 0.29) is 5.82 Å². The second-order valence-corrected chi connectivity index (χ2v) is 10.9. The molecule has 0 bridgehead atoms. The Bertz CT molecular complexity index is 1850. The van der Waals surface area contributed by atoms with Crippen molar-refractivity contribution in [2.24, 2.45) is 5.92 Å². The molecule has 6 aromatic rings. The molecule has 1 aliphatic rings. The summed E-state index contributed by atoms with van der Waals surface area (Å²) in [4.78, 5) is 12.7. The number of H-pyrrole nitrogens is 2. The van der Waals surface area contributed by atoms with Crippen LogP contribution >= 0.6 is 0 Å². The number of ether oxygens (including phenoxy) is 1. The molecule has 0 amide bonds. The maximum atomic E-state index is 14.3. The SMILES string of the molecule is COc1cc(F)cc(-c2cccc3[nH]c(-c4n[nH]c5cnc(-c6cncc(CNCC7CCCC7)c6)cc45)cc23)c1. The molecule has 2 aromatic carbocycles. The van der Waals surface area contributed by atoms with Crippen LogP contribution in [0.25, 0.3) is 55.6 Å². The molecule has 4 heterocycles. The van der Waals surface area contributed by atoms with Crippen molar-refractivity contribution in [2.75, 3.05) is 13.7 Å². The summed E-state index contributed by atoms with van der Waals surface area (Å²) in [6, 6.07) is 17.0. The molecule has 206 valence electrons. The van der Waals surface area contributed by atoms with E-state index in [0.717, 1.165) is 80.1 Å². The number of nitrogens with one attached hydrogen (secondary N) is 3. The molecule has 8 heteroatoms. The smallest absolute Gasteiger partial charge is 0.127 e. The average molecular weight is 547 g/mol. The van der Waals surface area contributed by atoms with E-state index < -0.39 is 0 Å². The summed E-state index contributed by atoms with van der Waals surface area (Å²) >= 11 is 0. The number of pyridine rings is 2. The lowest BCUT2D eigenvalue weighted by atomic mass is 10.0. The molecule has 0 aliphatic heterocycles. The van der Waals surface area contributed by atoms with E-state index in [9.17, 15) is 4.39 Å². The third kappa shape index (κ3) is 5.07. The first-order chi connectivity index (χ1) is 20.1. The Balaban J connectivity index is 1.21. The van der Waals surface area contributed by atoms with Crippen molar-refractivity contribution in [3.8, 4) is 39.5 Å². The highest BCUT2D eigenvalue weighted by atomic mass is 19.1. The van der Waals surface area contributed by atoms with Gasteiger partial charge in [-0.25, -0.2) is 4.39 Å². The zero-order chi connectivity index (χ0) is 27.8. The Labute approximate surface area is 237 Å². The summed E-state index contributed by atoms with van der Waals surface area (Å²) in [6.45, 7) is 1.86. The number of methoxy groups -OCH3 is 1. The van der Waals surface area contributed by atoms with Gasteiger partial charge in [-0.3, -0.25) is 15.1 Å².